The fraction of sp³-hybridized carbons (Fsp3) is 0.0870. The fourth-order valence-electron chi connectivity index (χ4n) is 3.86. The average molecular weight is 445 g/mol. The van der Waals surface area contributed by atoms with Crippen LogP contribution < -0.4 is 0 Å². The van der Waals surface area contributed by atoms with Gasteiger partial charge in [-0.3, -0.25) is 14.9 Å². The van der Waals surface area contributed by atoms with Gasteiger partial charge in [-0.25, -0.2) is 0 Å². The molecule has 0 spiro atoms. The standard InChI is InChI=1S/C23H17BrN4O/c24-18-10-8-17(9-11-18)22-19-20(16-6-2-1-3-7-16)26-27-21(19)23(29)28(22)14-15-5-4-12-25-13-15/h1-13,22H,14H2,(H,26,27). The molecule has 6 heteroatoms. The Hall–Kier alpha value is -3.25. The first-order chi connectivity index (χ1) is 14.2. The number of nitrogens with one attached hydrogen (secondary N) is 1. The first-order valence-electron chi connectivity index (χ1n) is 9.31. The third-order valence-corrected chi connectivity index (χ3v) is 5.70. The van der Waals surface area contributed by atoms with E-state index < -0.39 is 0 Å². The van der Waals surface area contributed by atoms with Gasteiger partial charge in [-0.05, 0) is 29.3 Å². The number of benzene rings is 2. The number of hydrogen-bond donors (Lipinski definition) is 1. The van der Waals surface area contributed by atoms with Gasteiger partial charge in [-0.2, -0.15) is 5.10 Å². The highest BCUT2D eigenvalue weighted by atomic mass is 79.9. The maximum Gasteiger partial charge on any atom is 0.273 e. The van der Waals surface area contributed by atoms with Gasteiger partial charge >= 0.3 is 0 Å². The zero-order chi connectivity index (χ0) is 19.8. The number of hydrogen-bond acceptors (Lipinski definition) is 3. The largest absolute Gasteiger partial charge is 0.322 e. The molecule has 29 heavy (non-hydrogen) atoms. The minimum Gasteiger partial charge on any atom is -0.322 e. The third-order valence-electron chi connectivity index (χ3n) is 5.17. The first kappa shape index (κ1) is 17.8. The van der Waals surface area contributed by atoms with E-state index in [4.69, 9.17) is 0 Å². The molecule has 0 aliphatic carbocycles. The molecular weight excluding hydrogens is 428 g/mol. The van der Waals surface area contributed by atoms with Crippen LogP contribution in [0, 0.1) is 0 Å². The molecule has 0 radical (unpaired) electrons. The Kier molecular flexibility index (Phi) is 4.48. The van der Waals surface area contributed by atoms with Crippen LogP contribution >= 0.6 is 15.9 Å². The zero-order valence-corrected chi connectivity index (χ0v) is 17.0. The summed E-state index contributed by atoms with van der Waals surface area (Å²) < 4.78 is 1.00. The number of H-pyrrole nitrogens is 1. The summed E-state index contributed by atoms with van der Waals surface area (Å²) in [6.45, 7) is 0.476. The molecular formula is C23H17BrN4O. The van der Waals surface area contributed by atoms with Crippen molar-refractivity contribution in [2.45, 2.75) is 12.6 Å². The van der Waals surface area contributed by atoms with Crippen molar-refractivity contribution in [2.24, 2.45) is 0 Å². The van der Waals surface area contributed by atoms with E-state index in [-0.39, 0.29) is 11.9 Å². The highest BCUT2D eigenvalue weighted by Gasteiger charge is 2.42. The molecule has 2 aromatic carbocycles. The number of fused-ring (bicyclic) bond motifs is 1. The van der Waals surface area contributed by atoms with Crippen LogP contribution in [0.4, 0.5) is 0 Å². The molecule has 1 unspecified atom stereocenters. The van der Waals surface area contributed by atoms with Crippen LogP contribution in [0.1, 0.15) is 33.2 Å². The Morgan fingerprint density at radius 3 is 2.52 bits per heavy atom. The van der Waals surface area contributed by atoms with E-state index in [1.165, 1.54) is 0 Å². The molecule has 1 N–H and O–H groups in total. The van der Waals surface area contributed by atoms with Gasteiger partial charge in [-0.15, -0.1) is 0 Å². The van der Waals surface area contributed by atoms with Crippen molar-refractivity contribution in [3.8, 4) is 11.3 Å². The summed E-state index contributed by atoms with van der Waals surface area (Å²) in [4.78, 5) is 19.4. The summed E-state index contributed by atoms with van der Waals surface area (Å²) in [6.07, 6.45) is 3.54. The second-order valence-electron chi connectivity index (χ2n) is 6.98. The van der Waals surface area contributed by atoms with Crippen LogP contribution in [0.25, 0.3) is 11.3 Å². The Labute approximate surface area is 176 Å². The van der Waals surface area contributed by atoms with Crippen molar-refractivity contribution in [3.63, 3.8) is 0 Å². The van der Waals surface area contributed by atoms with E-state index in [1.807, 2.05) is 59.5 Å². The highest BCUT2D eigenvalue weighted by Crippen LogP contribution is 2.43. The van der Waals surface area contributed by atoms with Gasteiger partial charge in [0.05, 0.1) is 11.7 Å². The molecule has 4 aromatic rings. The van der Waals surface area contributed by atoms with Crippen molar-refractivity contribution in [1.29, 1.82) is 0 Å². The van der Waals surface area contributed by atoms with Crippen molar-refractivity contribution >= 4 is 21.8 Å². The number of aromatic amines is 1. The van der Waals surface area contributed by atoms with Gasteiger partial charge in [0.15, 0.2) is 0 Å². The Bertz CT molecular complexity index is 1160. The molecule has 0 saturated carbocycles. The Morgan fingerprint density at radius 1 is 1.00 bits per heavy atom. The van der Waals surface area contributed by atoms with Crippen LogP contribution in [0.15, 0.2) is 83.6 Å². The number of amides is 1. The van der Waals surface area contributed by atoms with Gasteiger partial charge in [0, 0.05) is 34.5 Å². The van der Waals surface area contributed by atoms with Gasteiger partial charge < -0.3 is 4.90 Å². The summed E-state index contributed by atoms with van der Waals surface area (Å²) in [7, 11) is 0. The third kappa shape index (κ3) is 3.15. The molecule has 2 aromatic heterocycles. The van der Waals surface area contributed by atoms with E-state index in [0.717, 1.165) is 32.4 Å². The predicted molar refractivity (Wildman–Crippen MR) is 114 cm³/mol. The smallest absolute Gasteiger partial charge is 0.273 e. The van der Waals surface area contributed by atoms with E-state index in [0.29, 0.717) is 12.2 Å². The fourth-order valence-corrected chi connectivity index (χ4v) is 4.12. The highest BCUT2D eigenvalue weighted by molar-refractivity contribution is 9.10. The molecule has 1 aliphatic heterocycles. The monoisotopic (exact) mass is 444 g/mol. The molecule has 0 saturated heterocycles. The normalized spacial score (nSPS) is 15.6. The summed E-state index contributed by atoms with van der Waals surface area (Å²) in [5.74, 6) is -0.0496. The number of nitrogens with zero attached hydrogens (tertiary/aromatic N) is 3. The topological polar surface area (TPSA) is 61.9 Å². The summed E-state index contributed by atoms with van der Waals surface area (Å²) in [6, 6.07) is 21.7. The number of carbonyl (C=O) groups excluding carboxylic acids is 1. The molecule has 0 bridgehead atoms. The number of rotatable bonds is 4. The van der Waals surface area contributed by atoms with Crippen LogP contribution in [-0.4, -0.2) is 26.0 Å². The Morgan fingerprint density at radius 2 is 1.79 bits per heavy atom. The SMILES string of the molecule is O=C1c2[nH]nc(-c3ccccc3)c2C(c2ccc(Br)cc2)N1Cc1cccnc1. The van der Waals surface area contributed by atoms with Crippen LogP contribution in [0.5, 0.6) is 0 Å². The minimum absolute atomic E-state index is 0.0496. The van der Waals surface area contributed by atoms with E-state index in [1.54, 1.807) is 12.4 Å². The van der Waals surface area contributed by atoms with Crippen molar-refractivity contribution in [2.75, 3.05) is 0 Å². The van der Waals surface area contributed by atoms with Crippen molar-refractivity contribution in [3.05, 3.63) is 106 Å². The average Bonchev–Trinajstić information content (AvgIpc) is 3.30. The number of carbonyl (C=O) groups is 1. The van der Waals surface area contributed by atoms with Crippen LogP contribution in [0.3, 0.4) is 0 Å². The van der Waals surface area contributed by atoms with Crippen LogP contribution in [0.2, 0.25) is 0 Å². The van der Waals surface area contributed by atoms with E-state index in [9.17, 15) is 4.79 Å². The molecule has 1 amide bonds. The van der Waals surface area contributed by atoms with E-state index in [2.05, 4.69) is 43.2 Å². The predicted octanol–water partition coefficient (Wildman–Crippen LogP) is 4.98. The van der Waals surface area contributed by atoms with Crippen molar-refractivity contribution < 1.29 is 4.79 Å². The second-order valence-corrected chi connectivity index (χ2v) is 7.89. The Balaban J connectivity index is 1.65. The molecule has 142 valence electrons. The quantitative estimate of drug-likeness (QED) is 0.482. The molecule has 5 rings (SSSR count). The summed E-state index contributed by atoms with van der Waals surface area (Å²) in [5.41, 5.74) is 5.32. The minimum atomic E-state index is -0.222. The summed E-state index contributed by atoms with van der Waals surface area (Å²) in [5, 5.41) is 7.49. The molecule has 1 aliphatic rings. The van der Waals surface area contributed by atoms with Gasteiger partial charge in [0.2, 0.25) is 0 Å². The number of pyridine rings is 1. The molecule has 0 fully saturated rings. The summed E-state index contributed by atoms with van der Waals surface area (Å²) >= 11 is 3.50. The van der Waals surface area contributed by atoms with E-state index >= 15 is 0 Å². The maximum atomic E-state index is 13.3. The van der Waals surface area contributed by atoms with Gasteiger partial charge in [0.1, 0.15) is 5.69 Å². The van der Waals surface area contributed by atoms with Crippen molar-refractivity contribution in [1.82, 2.24) is 20.1 Å². The first-order valence-corrected chi connectivity index (χ1v) is 10.1. The lowest BCUT2D eigenvalue weighted by Gasteiger charge is -2.26. The van der Waals surface area contributed by atoms with Gasteiger partial charge in [-0.1, -0.05) is 64.5 Å². The molecule has 3 heterocycles. The van der Waals surface area contributed by atoms with Crippen LogP contribution in [-0.2, 0) is 6.54 Å². The lowest BCUT2D eigenvalue weighted by molar-refractivity contribution is 0.0730. The maximum absolute atomic E-state index is 13.3. The molecule has 1 atom stereocenters. The zero-order valence-electron chi connectivity index (χ0n) is 15.4. The second kappa shape index (κ2) is 7.29. The molecule has 5 nitrogen and oxygen atoms in total. The number of halogens is 1. The lowest BCUT2D eigenvalue weighted by Crippen LogP contribution is -2.29. The van der Waals surface area contributed by atoms with Gasteiger partial charge in [0.25, 0.3) is 5.91 Å². The number of aromatic nitrogens is 3. The lowest BCUT2D eigenvalue weighted by atomic mass is 9.96.